The zero-order chi connectivity index (χ0) is 15.8. The predicted octanol–water partition coefficient (Wildman–Crippen LogP) is 3.17. The number of aldehydes is 1. The number of anilines is 1. The summed E-state index contributed by atoms with van der Waals surface area (Å²) in [4.78, 5) is 21.4. The first-order chi connectivity index (χ1) is 9.69. The van der Waals surface area contributed by atoms with Crippen LogP contribution >= 0.6 is 11.3 Å². The van der Waals surface area contributed by atoms with Gasteiger partial charge in [-0.1, -0.05) is 32.1 Å². The number of carbonyl (C=O) groups is 1. The molecule has 0 N–H and O–H groups in total. The molecule has 1 aliphatic carbocycles. The molecule has 0 unspecified atom stereocenters. The number of likely N-dealkylation sites (N-methyl/N-ethyl adjacent to an activating group) is 2. The highest BCUT2D eigenvalue weighted by atomic mass is 32.1. The van der Waals surface area contributed by atoms with E-state index in [0.29, 0.717) is 0 Å². The van der Waals surface area contributed by atoms with E-state index in [-0.39, 0.29) is 11.0 Å². The van der Waals surface area contributed by atoms with Crippen molar-refractivity contribution >= 4 is 22.8 Å². The molecule has 1 saturated carbocycles. The van der Waals surface area contributed by atoms with Crippen molar-refractivity contribution in [2.45, 2.75) is 51.0 Å². The van der Waals surface area contributed by atoms with E-state index < -0.39 is 0 Å². The van der Waals surface area contributed by atoms with Crippen LogP contribution in [0, 0.1) is 0 Å². The van der Waals surface area contributed by atoms with Crippen molar-refractivity contribution in [3.8, 4) is 0 Å². The van der Waals surface area contributed by atoms with E-state index in [1.54, 1.807) is 0 Å². The quantitative estimate of drug-likeness (QED) is 0.783. The number of thiazole rings is 1. The topological polar surface area (TPSA) is 36.4 Å². The summed E-state index contributed by atoms with van der Waals surface area (Å²) < 4.78 is 0. The van der Waals surface area contributed by atoms with Crippen molar-refractivity contribution in [1.29, 1.82) is 0 Å². The molecule has 2 rings (SSSR count). The van der Waals surface area contributed by atoms with Gasteiger partial charge in [0.15, 0.2) is 11.4 Å². The van der Waals surface area contributed by atoms with Crippen molar-refractivity contribution in [2.24, 2.45) is 0 Å². The average molecular weight is 309 g/mol. The van der Waals surface area contributed by atoms with E-state index in [1.165, 1.54) is 30.6 Å². The normalized spacial score (nSPS) is 17.7. The van der Waals surface area contributed by atoms with E-state index in [9.17, 15) is 4.79 Å². The molecule has 1 aliphatic rings. The van der Waals surface area contributed by atoms with Gasteiger partial charge in [0, 0.05) is 24.5 Å². The largest absolute Gasteiger partial charge is 0.349 e. The highest BCUT2D eigenvalue weighted by Crippen LogP contribution is 2.39. The SMILES string of the molecule is CN(CC1(N(C)C)CCC1)c1nc(C(C)(C)C)c(C=O)s1. The minimum atomic E-state index is -0.0957. The van der Waals surface area contributed by atoms with Crippen molar-refractivity contribution in [1.82, 2.24) is 9.88 Å². The molecule has 1 heterocycles. The van der Waals surface area contributed by atoms with E-state index in [0.717, 1.165) is 28.5 Å². The molecule has 0 atom stereocenters. The first-order valence-corrected chi connectivity index (χ1v) is 8.36. The summed E-state index contributed by atoms with van der Waals surface area (Å²) in [5.41, 5.74) is 1.09. The monoisotopic (exact) mass is 309 g/mol. The average Bonchev–Trinajstić information content (AvgIpc) is 2.76. The van der Waals surface area contributed by atoms with Crippen LogP contribution in [0.4, 0.5) is 5.13 Å². The smallest absolute Gasteiger partial charge is 0.186 e. The molecule has 1 aromatic rings. The van der Waals surface area contributed by atoms with Crippen LogP contribution in [0.1, 0.15) is 55.4 Å². The van der Waals surface area contributed by atoms with Gasteiger partial charge in [-0.2, -0.15) is 0 Å². The maximum atomic E-state index is 11.3. The first kappa shape index (κ1) is 16.4. The molecular formula is C16H27N3OS. The van der Waals surface area contributed by atoms with Crippen LogP contribution < -0.4 is 4.90 Å². The second kappa shape index (κ2) is 5.69. The lowest BCUT2D eigenvalue weighted by Gasteiger charge is -2.49. The van der Waals surface area contributed by atoms with Crippen molar-refractivity contribution in [2.75, 3.05) is 32.6 Å². The summed E-state index contributed by atoms with van der Waals surface area (Å²) in [6.07, 6.45) is 4.72. The molecular weight excluding hydrogens is 282 g/mol. The second-order valence-corrected chi connectivity index (χ2v) is 8.41. The number of nitrogens with zero attached hydrogens (tertiary/aromatic N) is 3. The molecule has 118 valence electrons. The Morgan fingerprint density at radius 1 is 1.29 bits per heavy atom. The zero-order valence-corrected chi connectivity index (χ0v) is 14.9. The predicted molar refractivity (Wildman–Crippen MR) is 89.7 cm³/mol. The first-order valence-electron chi connectivity index (χ1n) is 7.55. The van der Waals surface area contributed by atoms with Gasteiger partial charge in [0.05, 0.1) is 10.6 Å². The number of hydrogen-bond donors (Lipinski definition) is 0. The maximum Gasteiger partial charge on any atom is 0.186 e. The van der Waals surface area contributed by atoms with Crippen LogP contribution in [-0.2, 0) is 5.41 Å². The van der Waals surface area contributed by atoms with E-state index in [1.807, 2.05) is 0 Å². The van der Waals surface area contributed by atoms with Crippen LogP contribution in [0.25, 0.3) is 0 Å². The van der Waals surface area contributed by atoms with Gasteiger partial charge in [-0.3, -0.25) is 4.79 Å². The molecule has 0 bridgehead atoms. The van der Waals surface area contributed by atoms with E-state index in [2.05, 4.69) is 51.7 Å². The van der Waals surface area contributed by atoms with Gasteiger partial charge in [-0.05, 0) is 33.4 Å². The molecule has 1 fully saturated rings. The van der Waals surface area contributed by atoms with Crippen LogP contribution in [0.5, 0.6) is 0 Å². The molecule has 0 radical (unpaired) electrons. The van der Waals surface area contributed by atoms with E-state index in [4.69, 9.17) is 4.98 Å². The Kier molecular flexibility index (Phi) is 4.45. The molecule has 5 heteroatoms. The Hall–Kier alpha value is -0.940. The van der Waals surface area contributed by atoms with Gasteiger partial charge in [0.1, 0.15) is 0 Å². The lowest BCUT2D eigenvalue weighted by molar-refractivity contribution is 0.0683. The summed E-state index contributed by atoms with van der Waals surface area (Å²) in [6, 6.07) is 0. The number of hydrogen-bond acceptors (Lipinski definition) is 5. The minimum Gasteiger partial charge on any atom is -0.349 e. The fourth-order valence-corrected chi connectivity index (χ4v) is 3.99. The number of aromatic nitrogens is 1. The Labute approximate surface area is 132 Å². The van der Waals surface area contributed by atoms with Crippen molar-refractivity contribution in [3.05, 3.63) is 10.6 Å². The Morgan fingerprint density at radius 3 is 2.24 bits per heavy atom. The second-order valence-electron chi connectivity index (χ2n) is 7.41. The summed E-state index contributed by atoms with van der Waals surface area (Å²) >= 11 is 1.51. The summed E-state index contributed by atoms with van der Waals surface area (Å²) in [6.45, 7) is 7.28. The molecule has 0 aliphatic heterocycles. The third kappa shape index (κ3) is 3.14. The van der Waals surface area contributed by atoms with Crippen molar-refractivity contribution < 1.29 is 4.79 Å². The lowest BCUT2D eigenvalue weighted by Crippen LogP contribution is -2.56. The van der Waals surface area contributed by atoms with Gasteiger partial charge < -0.3 is 9.80 Å². The summed E-state index contributed by atoms with van der Waals surface area (Å²) in [5.74, 6) is 0. The van der Waals surface area contributed by atoms with Crippen molar-refractivity contribution in [3.63, 3.8) is 0 Å². The number of rotatable bonds is 5. The Bertz CT molecular complexity index is 512. The summed E-state index contributed by atoms with van der Waals surface area (Å²) in [5, 5.41) is 0.954. The fraction of sp³-hybridized carbons (Fsp3) is 0.750. The molecule has 0 saturated heterocycles. The van der Waals surface area contributed by atoms with E-state index >= 15 is 0 Å². The van der Waals surface area contributed by atoms with Crippen LogP contribution in [0.15, 0.2) is 0 Å². The molecule has 0 amide bonds. The summed E-state index contributed by atoms with van der Waals surface area (Å²) in [7, 11) is 6.40. The standard InChI is InChI=1S/C16H27N3OS/c1-15(2,3)13-12(10-20)21-14(17-13)19(6)11-16(18(4)5)8-7-9-16/h10H,7-9,11H2,1-6H3. The van der Waals surface area contributed by atoms with Crippen LogP contribution in [-0.4, -0.2) is 49.4 Å². The third-order valence-corrected chi connectivity index (χ3v) is 5.65. The Morgan fingerprint density at radius 2 is 1.90 bits per heavy atom. The zero-order valence-electron chi connectivity index (χ0n) is 14.1. The van der Waals surface area contributed by atoms with Crippen LogP contribution in [0.2, 0.25) is 0 Å². The van der Waals surface area contributed by atoms with Gasteiger partial charge in [0.2, 0.25) is 0 Å². The molecule has 0 aromatic carbocycles. The maximum absolute atomic E-state index is 11.3. The fourth-order valence-electron chi connectivity index (χ4n) is 2.94. The lowest BCUT2D eigenvalue weighted by atomic mass is 9.75. The third-order valence-electron chi connectivity index (χ3n) is 4.55. The molecule has 4 nitrogen and oxygen atoms in total. The molecule has 0 spiro atoms. The highest BCUT2D eigenvalue weighted by molar-refractivity contribution is 7.17. The molecule has 1 aromatic heterocycles. The van der Waals surface area contributed by atoms with Gasteiger partial charge >= 0.3 is 0 Å². The highest BCUT2D eigenvalue weighted by Gasteiger charge is 2.40. The van der Waals surface area contributed by atoms with Gasteiger partial charge in [-0.15, -0.1) is 0 Å². The Balaban J connectivity index is 2.22. The van der Waals surface area contributed by atoms with Crippen LogP contribution in [0.3, 0.4) is 0 Å². The van der Waals surface area contributed by atoms with Gasteiger partial charge in [-0.25, -0.2) is 4.98 Å². The molecule has 21 heavy (non-hydrogen) atoms. The van der Waals surface area contributed by atoms with Gasteiger partial charge in [0.25, 0.3) is 0 Å². The number of carbonyl (C=O) groups excluding carboxylic acids is 1. The minimum absolute atomic E-state index is 0.0957.